The fraction of sp³-hybridized carbons (Fsp3) is 0.355. The summed E-state index contributed by atoms with van der Waals surface area (Å²) >= 11 is 0. The summed E-state index contributed by atoms with van der Waals surface area (Å²) < 4.78 is 40.0. The van der Waals surface area contributed by atoms with E-state index >= 15 is 0 Å². The first-order valence-corrected chi connectivity index (χ1v) is 15.7. The molecule has 0 saturated heterocycles. The van der Waals surface area contributed by atoms with Crippen molar-refractivity contribution in [1.82, 2.24) is 14.6 Å². The molecule has 0 fully saturated rings. The van der Waals surface area contributed by atoms with Gasteiger partial charge in [-0.25, -0.2) is 8.42 Å². The van der Waals surface area contributed by atoms with Crippen LogP contribution in [0.25, 0.3) is 11.1 Å². The molecule has 1 aromatic heterocycles. The molecule has 0 aliphatic carbocycles. The maximum absolute atomic E-state index is 13.8. The molecule has 3 aromatic carbocycles. The number of nitrogens with one attached hydrogen (secondary N) is 1. The lowest BCUT2D eigenvalue weighted by Crippen LogP contribution is -2.52. The number of ether oxygens (including phenoxy) is 1. The minimum absolute atomic E-state index is 0.0282. The molecule has 0 radical (unpaired) electrons. The van der Waals surface area contributed by atoms with Crippen LogP contribution >= 0.6 is 0 Å². The number of hydrogen-bond acceptors (Lipinski definition) is 10. The van der Waals surface area contributed by atoms with E-state index in [1.165, 1.54) is 22.5 Å². The molecular formula is C31H40N6O6S. The molecule has 236 valence electrons. The van der Waals surface area contributed by atoms with Crippen LogP contribution in [0.2, 0.25) is 0 Å². The number of carbonyl (C=O) groups is 1. The van der Waals surface area contributed by atoms with Crippen molar-refractivity contribution in [2.75, 3.05) is 36.9 Å². The third-order valence-electron chi connectivity index (χ3n) is 7.22. The third-order valence-corrected chi connectivity index (χ3v) is 9.04. The Balaban J connectivity index is 1.56. The number of aryl methyl sites for hydroxylation is 1. The van der Waals surface area contributed by atoms with Crippen molar-refractivity contribution >= 4 is 44.4 Å². The molecule has 0 bridgehead atoms. The van der Waals surface area contributed by atoms with Crippen molar-refractivity contribution in [1.29, 1.82) is 0 Å². The Bertz CT molecular complexity index is 1720. The summed E-state index contributed by atoms with van der Waals surface area (Å²) in [7, 11) is -4.09. The molecule has 1 heterocycles. The second-order valence-electron chi connectivity index (χ2n) is 11.3. The summed E-state index contributed by atoms with van der Waals surface area (Å²) in [4.78, 5) is 17.1. The van der Waals surface area contributed by atoms with Gasteiger partial charge >= 0.3 is 0 Å². The van der Waals surface area contributed by atoms with E-state index in [1.807, 2.05) is 44.2 Å². The van der Waals surface area contributed by atoms with Gasteiger partial charge in [0.15, 0.2) is 12.2 Å². The zero-order chi connectivity index (χ0) is 32.2. The van der Waals surface area contributed by atoms with Crippen LogP contribution in [0.1, 0.15) is 30.5 Å². The molecule has 0 saturated carbocycles. The minimum atomic E-state index is -4.09. The number of sulfonamides is 1. The van der Waals surface area contributed by atoms with E-state index in [2.05, 4.69) is 10.3 Å². The highest BCUT2D eigenvalue weighted by Gasteiger charge is 2.32. The Labute approximate surface area is 257 Å². The van der Waals surface area contributed by atoms with E-state index in [1.54, 1.807) is 19.9 Å². The molecule has 0 aliphatic rings. The molecule has 4 aromatic rings. The number of aromatic nitrogens is 1. The topological polar surface area (TPSA) is 200 Å². The van der Waals surface area contributed by atoms with Gasteiger partial charge in [0, 0.05) is 24.7 Å². The maximum Gasteiger partial charge on any atom is 0.292 e. The number of carbonyl (C=O) groups excluding carboxylic acids is 1. The number of aliphatic hydroxyl groups excluding tert-OH is 1. The summed E-state index contributed by atoms with van der Waals surface area (Å²) in [6.45, 7) is 6.82. The number of amides is 1. The van der Waals surface area contributed by atoms with Crippen LogP contribution in [0, 0.1) is 19.8 Å². The molecule has 0 unspecified atom stereocenters. The summed E-state index contributed by atoms with van der Waals surface area (Å²) in [6.07, 6.45) is -1.02. The summed E-state index contributed by atoms with van der Waals surface area (Å²) in [6, 6.07) is 14.4. The van der Waals surface area contributed by atoms with E-state index < -0.39 is 28.1 Å². The van der Waals surface area contributed by atoms with Gasteiger partial charge in [-0.05, 0) is 55.5 Å². The lowest BCUT2D eigenvalue weighted by Gasteiger charge is -2.30. The number of nitrogen functional groups attached to an aromatic ring is 3. The van der Waals surface area contributed by atoms with Crippen LogP contribution in [-0.2, 0) is 21.2 Å². The van der Waals surface area contributed by atoms with Gasteiger partial charge in [0.05, 0.1) is 28.4 Å². The quantitative estimate of drug-likeness (QED) is 0.138. The first-order chi connectivity index (χ1) is 20.8. The standard InChI is InChI=1S/C31H40N6O6S/c1-18(2)15-37(44(40,41)22-10-11-24-27(14-22)43-31(34)36-24)16-26(38)25(13-21-8-6-5-7-9-21)35-28(39)17-42-30-19(3)12-23(32)29(33)20(30)4/h5-12,14,18,25-26,38H,13,15-17,32-33H2,1-4H3,(H2,34,36)(H,35,39)/t25-,26+/m0/s1. The van der Waals surface area contributed by atoms with Gasteiger partial charge in [-0.15, -0.1) is 0 Å². The third kappa shape index (κ3) is 7.59. The number of fused-ring (bicyclic) bond motifs is 1. The SMILES string of the molecule is Cc1cc(N)c(N)c(C)c1OCC(=O)N[C@@H](Cc1ccccc1)[C@H](O)CN(CC(C)C)S(=O)(=O)c1ccc2nc(N)oc2c1. The van der Waals surface area contributed by atoms with Gasteiger partial charge in [-0.1, -0.05) is 44.2 Å². The highest BCUT2D eigenvalue weighted by atomic mass is 32.2. The molecule has 13 heteroatoms. The molecule has 44 heavy (non-hydrogen) atoms. The average Bonchev–Trinajstić information content (AvgIpc) is 3.34. The highest BCUT2D eigenvalue weighted by Crippen LogP contribution is 2.32. The number of oxazole rings is 1. The fourth-order valence-electron chi connectivity index (χ4n) is 5.02. The Morgan fingerprint density at radius 2 is 1.77 bits per heavy atom. The Morgan fingerprint density at radius 3 is 2.45 bits per heavy atom. The summed E-state index contributed by atoms with van der Waals surface area (Å²) in [5, 5.41) is 14.3. The number of aliphatic hydroxyl groups is 1. The number of benzene rings is 3. The number of anilines is 3. The second-order valence-corrected chi connectivity index (χ2v) is 13.2. The van der Waals surface area contributed by atoms with E-state index in [4.69, 9.17) is 26.4 Å². The monoisotopic (exact) mass is 624 g/mol. The fourth-order valence-corrected chi connectivity index (χ4v) is 6.65. The predicted octanol–water partition coefficient (Wildman–Crippen LogP) is 3.01. The van der Waals surface area contributed by atoms with Crippen LogP contribution in [0.5, 0.6) is 5.75 Å². The zero-order valence-electron chi connectivity index (χ0n) is 25.3. The van der Waals surface area contributed by atoms with Gasteiger partial charge in [-0.2, -0.15) is 9.29 Å². The van der Waals surface area contributed by atoms with Crippen molar-refractivity contribution < 1.29 is 27.5 Å². The van der Waals surface area contributed by atoms with E-state index in [9.17, 15) is 18.3 Å². The Kier molecular flexibility index (Phi) is 10.0. The van der Waals surface area contributed by atoms with Crippen molar-refractivity contribution in [3.05, 3.63) is 71.3 Å². The second kappa shape index (κ2) is 13.5. The van der Waals surface area contributed by atoms with Gasteiger partial charge < -0.3 is 36.8 Å². The highest BCUT2D eigenvalue weighted by molar-refractivity contribution is 7.89. The van der Waals surface area contributed by atoms with E-state index in [0.29, 0.717) is 28.2 Å². The summed E-state index contributed by atoms with van der Waals surface area (Å²) in [5.74, 6) is -0.103. The van der Waals surface area contributed by atoms with Gasteiger partial charge in [0.2, 0.25) is 10.0 Å². The molecular weight excluding hydrogens is 584 g/mol. The number of rotatable bonds is 13. The lowest BCUT2D eigenvalue weighted by molar-refractivity contribution is -0.124. The van der Waals surface area contributed by atoms with Crippen LogP contribution < -0.4 is 27.3 Å². The van der Waals surface area contributed by atoms with Crippen molar-refractivity contribution in [2.24, 2.45) is 5.92 Å². The van der Waals surface area contributed by atoms with Gasteiger partial charge in [-0.3, -0.25) is 4.79 Å². The van der Waals surface area contributed by atoms with E-state index in [0.717, 1.165) is 11.1 Å². The number of nitrogens with two attached hydrogens (primary N) is 3. The van der Waals surface area contributed by atoms with Crippen LogP contribution in [0.3, 0.4) is 0 Å². The van der Waals surface area contributed by atoms with Crippen molar-refractivity contribution in [2.45, 2.75) is 51.2 Å². The molecule has 12 nitrogen and oxygen atoms in total. The normalized spacial score (nSPS) is 13.3. The summed E-state index contributed by atoms with van der Waals surface area (Å²) in [5.41, 5.74) is 21.3. The molecule has 1 amide bonds. The Hall–Kier alpha value is -4.33. The molecule has 0 spiro atoms. The van der Waals surface area contributed by atoms with Crippen molar-refractivity contribution in [3.63, 3.8) is 0 Å². The number of hydrogen-bond donors (Lipinski definition) is 5. The van der Waals surface area contributed by atoms with Crippen LogP contribution in [0.4, 0.5) is 17.4 Å². The first-order valence-electron chi connectivity index (χ1n) is 14.2. The Morgan fingerprint density at radius 1 is 1.07 bits per heavy atom. The first kappa shape index (κ1) is 32.6. The zero-order valence-corrected chi connectivity index (χ0v) is 26.1. The molecule has 8 N–H and O–H groups in total. The molecule has 0 aliphatic heterocycles. The van der Waals surface area contributed by atoms with Gasteiger partial charge in [0.25, 0.3) is 11.9 Å². The molecule has 4 rings (SSSR count). The maximum atomic E-state index is 13.8. The lowest BCUT2D eigenvalue weighted by atomic mass is 10.0. The molecule has 2 atom stereocenters. The van der Waals surface area contributed by atoms with Crippen LogP contribution in [-0.4, -0.2) is 60.6 Å². The van der Waals surface area contributed by atoms with E-state index in [-0.39, 0.29) is 48.5 Å². The van der Waals surface area contributed by atoms with Gasteiger partial charge in [0.1, 0.15) is 11.3 Å². The largest absolute Gasteiger partial charge is 0.483 e. The smallest absolute Gasteiger partial charge is 0.292 e. The van der Waals surface area contributed by atoms with Crippen LogP contribution in [0.15, 0.2) is 63.9 Å². The predicted molar refractivity (Wildman–Crippen MR) is 170 cm³/mol. The van der Waals surface area contributed by atoms with Crippen molar-refractivity contribution in [3.8, 4) is 5.75 Å². The average molecular weight is 625 g/mol. The number of nitrogens with zero attached hydrogens (tertiary/aromatic N) is 2. The minimum Gasteiger partial charge on any atom is -0.483 e.